The second-order valence-electron chi connectivity index (χ2n) is 3.36. The van der Waals surface area contributed by atoms with Gasteiger partial charge in [0.2, 0.25) is 0 Å². The van der Waals surface area contributed by atoms with Gasteiger partial charge in [-0.05, 0) is 32.4 Å². The number of anilines is 1. The van der Waals surface area contributed by atoms with Gasteiger partial charge in [0.15, 0.2) is 0 Å². The van der Waals surface area contributed by atoms with Crippen LogP contribution in [0.2, 0.25) is 5.15 Å². The predicted molar refractivity (Wildman–Crippen MR) is 62.0 cm³/mol. The Labute approximate surface area is 90.9 Å². The average molecular weight is 213 g/mol. The topological polar surface area (TPSA) is 16.1 Å². The van der Waals surface area contributed by atoms with Crippen LogP contribution >= 0.6 is 11.6 Å². The molecule has 1 unspecified atom stereocenters. The summed E-state index contributed by atoms with van der Waals surface area (Å²) in [7, 11) is 0. The summed E-state index contributed by atoms with van der Waals surface area (Å²) in [6.45, 7) is 7.47. The second-order valence-corrected chi connectivity index (χ2v) is 3.75. The van der Waals surface area contributed by atoms with Gasteiger partial charge in [0, 0.05) is 12.6 Å². The summed E-state index contributed by atoms with van der Waals surface area (Å²) in [4.78, 5) is 6.56. The fourth-order valence-corrected chi connectivity index (χ4v) is 1.64. The average Bonchev–Trinajstić information content (AvgIpc) is 2.19. The van der Waals surface area contributed by atoms with Crippen LogP contribution in [-0.2, 0) is 0 Å². The van der Waals surface area contributed by atoms with Gasteiger partial charge in [-0.1, -0.05) is 24.6 Å². The maximum atomic E-state index is 5.86. The lowest BCUT2D eigenvalue weighted by molar-refractivity contribution is 0.623. The minimum absolute atomic E-state index is 0.506. The van der Waals surface area contributed by atoms with E-state index in [4.69, 9.17) is 11.6 Å². The van der Waals surface area contributed by atoms with Gasteiger partial charge in [0.1, 0.15) is 11.0 Å². The molecule has 1 aromatic rings. The molecule has 0 amide bonds. The van der Waals surface area contributed by atoms with Crippen LogP contribution in [0.4, 0.5) is 5.82 Å². The molecular weight excluding hydrogens is 196 g/mol. The lowest BCUT2D eigenvalue weighted by Crippen LogP contribution is -2.32. The van der Waals surface area contributed by atoms with Crippen molar-refractivity contribution < 1.29 is 0 Å². The number of pyridine rings is 1. The van der Waals surface area contributed by atoms with Gasteiger partial charge in [-0.15, -0.1) is 0 Å². The molecule has 0 aliphatic carbocycles. The van der Waals surface area contributed by atoms with E-state index in [1.54, 1.807) is 6.07 Å². The van der Waals surface area contributed by atoms with Crippen molar-refractivity contribution in [3.8, 4) is 0 Å². The summed E-state index contributed by atoms with van der Waals surface area (Å²) in [5.41, 5.74) is 0. The third kappa shape index (κ3) is 2.61. The van der Waals surface area contributed by atoms with E-state index in [0.717, 1.165) is 18.8 Å². The van der Waals surface area contributed by atoms with Gasteiger partial charge in [-0.2, -0.15) is 0 Å². The molecule has 0 aromatic carbocycles. The van der Waals surface area contributed by atoms with Crippen LogP contribution < -0.4 is 4.90 Å². The van der Waals surface area contributed by atoms with Crippen LogP contribution in [-0.4, -0.2) is 17.6 Å². The summed E-state index contributed by atoms with van der Waals surface area (Å²) in [5, 5.41) is 0.559. The van der Waals surface area contributed by atoms with Crippen molar-refractivity contribution in [1.82, 2.24) is 4.98 Å². The van der Waals surface area contributed by atoms with Crippen LogP contribution in [0.1, 0.15) is 27.2 Å². The molecule has 0 spiro atoms. The Balaban J connectivity index is 2.89. The highest BCUT2D eigenvalue weighted by Crippen LogP contribution is 2.17. The van der Waals surface area contributed by atoms with Crippen molar-refractivity contribution in [2.75, 3.05) is 11.4 Å². The monoisotopic (exact) mass is 212 g/mol. The minimum Gasteiger partial charge on any atom is -0.354 e. The Morgan fingerprint density at radius 1 is 1.43 bits per heavy atom. The fourth-order valence-electron chi connectivity index (χ4n) is 1.48. The standard InChI is InChI=1S/C11H17ClN2/c1-4-9(3)14(5-2)11-8-6-7-10(12)13-11/h6-9H,4-5H2,1-3H3. The van der Waals surface area contributed by atoms with Gasteiger partial charge in [-0.25, -0.2) is 4.98 Å². The summed E-state index contributed by atoms with van der Waals surface area (Å²) >= 11 is 5.86. The van der Waals surface area contributed by atoms with Crippen molar-refractivity contribution in [1.29, 1.82) is 0 Å². The first-order valence-electron chi connectivity index (χ1n) is 5.08. The van der Waals surface area contributed by atoms with E-state index in [0.29, 0.717) is 11.2 Å². The van der Waals surface area contributed by atoms with Crippen molar-refractivity contribution >= 4 is 17.4 Å². The number of nitrogens with zero attached hydrogens (tertiary/aromatic N) is 2. The Kier molecular flexibility index (Phi) is 4.21. The summed E-state index contributed by atoms with van der Waals surface area (Å²) < 4.78 is 0. The molecule has 1 aromatic heterocycles. The lowest BCUT2D eigenvalue weighted by Gasteiger charge is -2.28. The highest BCUT2D eigenvalue weighted by Gasteiger charge is 2.11. The number of hydrogen-bond acceptors (Lipinski definition) is 2. The second kappa shape index (κ2) is 5.20. The zero-order valence-electron chi connectivity index (χ0n) is 9.00. The molecule has 0 saturated heterocycles. The zero-order chi connectivity index (χ0) is 10.6. The molecule has 0 radical (unpaired) electrons. The normalized spacial score (nSPS) is 12.6. The van der Waals surface area contributed by atoms with E-state index in [-0.39, 0.29) is 0 Å². The van der Waals surface area contributed by atoms with Crippen LogP contribution in [0.5, 0.6) is 0 Å². The smallest absolute Gasteiger partial charge is 0.131 e. The van der Waals surface area contributed by atoms with Crippen molar-refractivity contribution in [3.63, 3.8) is 0 Å². The van der Waals surface area contributed by atoms with Crippen molar-refractivity contribution in [2.24, 2.45) is 0 Å². The number of rotatable bonds is 4. The molecule has 1 atom stereocenters. The van der Waals surface area contributed by atoms with Gasteiger partial charge in [0.25, 0.3) is 0 Å². The summed E-state index contributed by atoms with van der Waals surface area (Å²) in [6.07, 6.45) is 1.11. The summed E-state index contributed by atoms with van der Waals surface area (Å²) in [6, 6.07) is 6.25. The third-order valence-electron chi connectivity index (χ3n) is 2.46. The Hall–Kier alpha value is -0.760. The molecule has 0 aliphatic heterocycles. The fraction of sp³-hybridized carbons (Fsp3) is 0.545. The SMILES string of the molecule is CCC(C)N(CC)c1cccc(Cl)n1. The first-order chi connectivity index (χ1) is 6.69. The molecule has 78 valence electrons. The van der Waals surface area contributed by atoms with Gasteiger partial charge in [-0.3, -0.25) is 0 Å². The van der Waals surface area contributed by atoms with Crippen LogP contribution in [0.15, 0.2) is 18.2 Å². The molecule has 0 saturated carbocycles. The quantitative estimate of drug-likeness (QED) is 0.712. The molecule has 3 heteroatoms. The summed E-state index contributed by atoms with van der Waals surface area (Å²) in [5.74, 6) is 0.967. The molecule has 1 rings (SSSR count). The van der Waals surface area contributed by atoms with E-state index >= 15 is 0 Å². The van der Waals surface area contributed by atoms with Crippen molar-refractivity contribution in [2.45, 2.75) is 33.2 Å². The van der Waals surface area contributed by atoms with Crippen LogP contribution in [0, 0.1) is 0 Å². The number of hydrogen-bond donors (Lipinski definition) is 0. The maximum Gasteiger partial charge on any atom is 0.131 e. The van der Waals surface area contributed by atoms with Crippen LogP contribution in [0.25, 0.3) is 0 Å². The highest BCUT2D eigenvalue weighted by molar-refractivity contribution is 6.29. The lowest BCUT2D eigenvalue weighted by atomic mass is 10.2. The van der Waals surface area contributed by atoms with E-state index in [1.165, 1.54) is 0 Å². The molecule has 1 heterocycles. The molecule has 14 heavy (non-hydrogen) atoms. The van der Waals surface area contributed by atoms with Crippen molar-refractivity contribution in [3.05, 3.63) is 23.4 Å². The van der Waals surface area contributed by atoms with Gasteiger partial charge < -0.3 is 4.90 Å². The first kappa shape index (κ1) is 11.3. The van der Waals surface area contributed by atoms with E-state index in [1.807, 2.05) is 12.1 Å². The van der Waals surface area contributed by atoms with E-state index < -0.39 is 0 Å². The molecule has 0 N–H and O–H groups in total. The highest BCUT2D eigenvalue weighted by atomic mass is 35.5. The number of halogens is 1. The molecule has 0 bridgehead atoms. The molecular formula is C11H17ClN2. The zero-order valence-corrected chi connectivity index (χ0v) is 9.75. The Morgan fingerprint density at radius 2 is 2.14 bits per heavy atom. The number of aromatic nitrogens is 1. The first-order valence-corrected chi connectivity index (χ1v) is 5.46. The van der Waals surface area contributed by atoms with Gasteiger partial charge in [0.05, 0.1) is 0 Å². The minimum atomic E-state index is 0.506. The molecule has 2 nitrogen and oxygen atoms in total. The predicted octanol–water partition coefficient (Wildman–Crippen LogP) is 3.36. The Bertz CT molecular complexity index is 288. The van der Waals surface area contributed by atoms with E-state index in [2.05, 4.69) is 30.7 Å². The third-order valence-corrected chi connectivity index (χ3v) is 2.67. The van der Waals surface area contributed by atoms with Gasteiger partial charge >= 0.3 is 0 Å². The largest absolute Gasteiger partial charge is 0.354 e. The Morgan fingerprint density at radius 3 is 2.64 bits per heavy atom. The van der Waals surface area contributed by atoms with Crippen LogP contribution in [0.3, 0.4) is 0 Å². The van der Waals surface area contributed by atoms with E-state index in [9.17, 15) is 0 Å². The maximum absolute atomic E-state index is 5.86. The molecule has 0 fully saturated rings. The molecule has 0 aliphatic rings.